The van der Waals surface area contributed by atoms with E-state index in [4.69, 9.17) is 14.2 Å². The number of aliphatic carboxylic acids is 1. The second-order valence-electron chi connectivity index (χ2n) is 16.0. The second-order valence-corrected chi connectivity index (χ2v) is 16.0. The Hall–Kier alpha value is -1.93. The molecular formula is C44H84NO7+. The number of carboxylic acids is 1. The molecule has 0 spiro atoms. The molecule has 0 saturated heterocycles. The van der Waals surface area contributed by atoms with Gasteiger partial charge in [-0.3, -0.25) is 9.59 Å². The van der Waals surface area contributed by atoms with Crippen LogP contribution < -0.4 is 0 Å². The van der Waals surface area contributed by atoms with E-state index in [2.05, 4.69) is 26.0 Å². The standard InChI is InChI=1S/C44H83NO7/c1-6-8-10-12-14-16-17-18-19-20-21-22-23-24-25-26-27-29-31-33-35-43(47)52-40(38-50-37-36-41(44(48)49)45(3,4)5)39-51-42(46)34-32-30-28-15-13-11-9-7-2/h21-22,40-41H,6-20,23-39H2,1-5H3/p+1/b22-21+. The first-order valence-corrected chi connectivity index (χ1v) is 21.7. The molecular weight excluding hydrogens is 654 g/mol. The van der Waals surface area contributed by atoms with Gasteiger partial charge >= 0.3 is 17.9 Å². The fourth-order valence-electron chi connectivity index (χ4n) is 6.50. The van der Waals surface area contributed by atoms with E-state index in [0.29, 0.717) is 19.3 Å². The van der Waals surface area contributed by atoms with Gasteiger partial charge in [0, 0.05) is 19.3 Å². The molecule has 0 rings (SSSR count). The van der Waals surface area contributed by atoms with Gasteiger partial charge < -0.3 is 23.8 Å². The number of likely N-dealkylation sites (N-methyl/N-ethyl adjacent to an activating group) is 1. The molecule has 8 heteroatoms. The number of quaternary nitrogens is 1. The van der Waals surface area contributed by atoms with Crippen LogP contribution in [0.25, 0.3) is 0 Å². The highest BCUT2D eigenvalue weighted by atomic mass is 16.6. The Labute approximate surface area is 320 Å². The van der Waals surface area contributed by atoms with Gasteiger partial charge in [0.1, 0.15) is 6.61 Å². The Morgan fingerprint density at radius 2 is 0.962 bits per heavy atom. The lowest BCUT2D eigenvalue weighted by molar-refractivity contribution is -0.887. The minimum absolute atomic E-state index is 0.0479. The smallest absolute Gasteiger partial charge is 0.362 e. The topological polar surface area (TPSA) is 99.1 Å². The largest absolute Gasteiger partial charge is 0.477 e. The highest BCUT2D eigenvalue weighted by Crippen LogP contribution is 2.15. The van der Waals surface area contributed by atoms with Crippen LogP contribution in [0.15, 0.2) is 12.2 Å². The summed E-state index contributed by atoms with van der Waals surface area (Å²) in [5, 5.41) is 9.59. The van der Waals surface area contributed by atoms with Crippen molar-refractivity contribution in [2.45, 2.75) is 212 Å². The average molecular weight is 739 g/mol. The van der Waals surface area contributed by atoms with Gasteiger partial charge in [-0.15, -0.1) is 0 Å². The molecule has 0 aliphatic heterocycles. The first-order chi connectivity index (χ1) is 25.1. The number of nitrogens with zero attached hydrogens (tertiary/aromatic N) is 1. The van der Waals surface area contributed by atoms with Crippen LogP contribution in [0.1, 0.15) is 200 Å². The number of esters is 2. The fourth-order valence-corrected chi connectivity index (χ4v) is 6.50. The van der Waals surface area contributed by atoms with Crippen molar-refractivity contribution in [1.29, 1.82) is 0 Å². The highest BCUT2D eigenvalue weighted by Gasteiger charge is 2.31. The van der Waals surface area contributed by atoms with Gasteiger partial charge in [0.2, 0.25) is 0 Å². The van der Waals surface area contributed by atoms with Crippen molar-refractivity contribution in [3.05, 3.63) is 12.2 Å². The molecule has 8 nitrogen and oxygen atoms in total. The Balaban J connectivity index is 4.23. The SMILES string of the molecule is CCCCCCCCCCC/C=C/CCCCCCCCCC(=O)OC(COCCC(C(=O)O)[N+](C)(C)C)COC(=O)CCCCCCCCCC. The quantitative estimate of drug-likeness (QED) is 0.0290. The number of ether oxygens (including phenoxy) is 3. The third-order valence-electron chi connectivity index (χ3n) is 9.91. The zero-order valence-electron chi connectivity index (χ0n) is 34.8. The number of hydrogen-bond acceptors (Lipinski definition) is 6. The van der Waals surface area contributed by atoms with Crippen LogP contribution >= 0.6 is 0 Å². The number of carbonyl (C=O) groups is 3. The Morgan fingerprint density at radius 3 is 1.38 bits per heavy atom. The van der Waals surface area contributed by atoms with Crippen molar-refractivity contribution in [2.24, 2.45) is 0 Å². The molecule has 0 aromatic carbocycles. The molecule has 0 aliphatic rings. The molecule has 2 atom stereocenters. The monoisotopic (exact) mass is 739 g/mol. The number of unbranched alkanes of at least 4 members (excludes halogenated alkanes) is 23. The van der Waals surface area contributed by atoms with Crippen molar-refractivity contribution in [1.82, 2.24) is 0 Å². The summed E-state index contributed by atoms with van der Waals surface area (Å²) in [5.41, 5.74) is 0. The molecule has 0 fully saturated rings. The zero-order valence-corrected chi connectivity index (χ0v) is 34.8. The summed E-state index contributed by atoms with van der Waals surface area (Å²) in [6, 6.07) is -0.610. The summed E-state index contributed by atoms with van der Waals surface area (Å²) in [7, 11) is 5.52. The maximum absolute atomic E-state index is 12.7. The third-order valence-corrected chi connectivity index (χ3v) is 9.91. The predicted octanol–water partition coefficient (Wildman–Crippen LogP) is 11.5. The van der Waals surface area contributed by atoms with Gasteiger partial charge in [0.25, 0.3) is 0 Å². The number of hydrogen-bond donors (Lipinski definition) is 1. The molecule has 52 heavy (non-hydrogen) atoms. The van der Waals surface area contributed by atoms with Gasteiger partial charge in [-0.1, -0.05) is 154 Å². The molecule has 1 N–H and O–H groups in total. The lowest BCUT2D eigenvalue weighted by Gasteiger charge is -2.31. The predicted molar refractivity (Wildman–Crippen MR) is 215 cm³/mol. The van der Waals surface area contributed by atoms with Crippen LogP contribution in [-0.2, 0) is 28.6 Å². The van der Waals surface area contributed by atoms with Crippen molar-refractivity contribution < 1.29 is 38.2 Å². The first-order valence-electron chi connectivity index (χ1n) is 21.7. The maximum atomic E-state index is 12.7. The van der Waals surface area contributed by atoms with Gasteiger partial charge in [-0.2, -0.15) is 0 Å². The average Bonchev–Trinajstić information content (AvgIpc) is 3.09. The molecule has 0 bridgehead atoms. The van der Waals surface area contributed by atoms with E-state index in [1.807, 2.05) is 21.1 Å². The molecule has 306 valence electrons. The van der Waals surface area contributed by atoms with Gasteiger partial charge in [-0.05, 0) is 38.5 Å². The Morgan fingerprint density at radius 1 is 0.558 bits per heavy atom. The van der Waals surface area contributed by atoms with E-state index >= 15 is 0 Å². The van der Waals surface area contributed by atoms with Gasteiger partial charge in [0.05, 0.1) is 34.4 Å². The van der Waals surface area contributed by atoms with Gasteiger partial charge in [0.15, 0.2) is 12.1 Å². The number of rotatable bonds is 39. The molecule has 0 heterocycles. The van der Waals surface area contributed by atoms with Gasteiger partial charge in [-0.25, -0.2) is 4.79 Å². The molecule has 0 amide bonds. The van der Waals surface area contributed by atoms with E-state index in [9.17, 15) is 19.5 Å². The van der Waals surface area contributed by atoms with Crippen LogP contribution in [0.4, 0.5) is 0 Å². The number of allylic oxidation sites excluding steroid dienone is 2. The van der Waals surface area contributed by atoms with Crippen LogP contribution in [-0.4, -0.2) is 80.6 Å². The Kier molecular flexibility index (Phi) is 34.7. The van der Waals surface area contributed by atoms with Crippen molar-refractivity contribution in [3.63, 3.8) is 0 Å². The fraction of sp³-hybridized carbons (Fsp3) is 0.886. The number of carbonyl (C=O) groups excluding carboxylic acids is 2. The molecule has 0 saturated carbocycles. The summed E-state index contributed by atoms with van der Waals surface area (Å²) < 4.78 is 17.2. The van der Waals surface area contributed by atoms with Crippen LogP contribution in [0.5, 0.6) is 0 Å². The van der Waals surface area contributed by atoms with E-state index in [-0.39, 0.29) is 36.2 Å². The minimum atomic E-state index is -0.874. The van der Waals surface area contributed by atoms with Crippen molar-refractivity contribution in [2.75, 3.05) is 41.0 Å². The summed E-state index contributed by atoms with van der Waals surface area (Å²) in [4.78, 5) is 36.8. The summed E-state index contributed by atoms with van der Waals surface area (Å²) in [5.74, 6) is -1.47. The first kappa shape index (κ1) is 50.1. The molecule has 0 aromatic heterocycles. The van der Waals surface area contributed by atoms with Crippen LogP contribution in [0, 0.1) is 0 Å². The normalized spacial score (nSPS) is 13.0. The van der Waals surface area contributed by atoms with E-state index < -0.39 is 18.1 Å². The summed E-state index contributed by atoms with van der Waals surface area (Å²) in [6.45, 7) is 4.72. The lowest BCUT2D eigenvalue weighted by atomic mass is 10.1. The minimum Gasteiger partial charge on any atom is -0.477 e. The van der Waals surface area contributed by atoms with Crippen LogP contribution in [0.3, 0.4) is 0 Å². The zero-order chi connectivity index (χ0) is 38.5. The van der Waals surface area contributed by atoms with E-state index in [1.54, 1.807) is 0 Å². The van der Waals surface area contributed by atoms with E-state index in [0.717, 1.165) is 38.5 Å². The third kappa shape index (κ3) is 33.9. The maximum Gasteiger partial charge on any atom is 0.362 e. The van der Waals surface area contributed by atoms with Crippen molar-refractivity contribution >= 4 is 17.9 Å². The number of carboxylic acid groups (broad SMARTS) is 1. The van der Waals surface area contributed by atoms with E-state index in [1.165, 1.54) is 128 Å². The van der Waals surface area contributed by atoms with Crippen molar-refractivity contribution in [3.8, 4) is 0 Å². The highest BCUT2D eigenvalue weighted by molar-refractivity contribution is 5.72. The van der Waals surface area contributed by atoms with Crippen LogP contribution in [0.2, 0.25) is 0 Å². The Bertz CT molecular complexity index is 869. The molecule has 0 aliphatic carbocycles. The molecule has 0 aromatic rings. The molecule has 0 radical (unpaired) electrons. The summed E-state index contributed by atoms with van der Waals surface area (Å²) >= 11 is 0. The lowest BCUT2D eigenvalue weighted by Crippen LogP contribution is -2.50. The molecule has 2 unspecified atom stereocenters. The summed E-state index contributed by atoms with van der Waals surface area (Å²) in [6.07, 6.45) is 36.9. The second kappa shape index (κ2) is 36.1.